The highest BCUT2D eigenvalue weighted by atomic mass is 32.1. The van der Waals surface area contributed by atoms with Crippen LogP contribution in [0.15, 0.2) is 41.3 Å². The van der Waals surface area contributed by atoms with E-state index in [0.29, 0.717) is 10.5 Å². The second kappa shape index (κ2) is 5.67. The standard InChI is InChI=1S/C19H18N4OS/c1-11-5-7-13(8-6-11)23-12(2)21-16-15-14(22(3)4)9-10-20-18(15)25-17(16)19(23)24/h5-10H,1-4H3. The molecule has 0 saturated heterocycles. The van der Waals surface area contributed by atoms with Gasteiger partial charge in [-0.2, -0.15) is 0 Å². The molecule has 0 N–H and O–H groups in total. The van der Waals surface area contributed by atoms with Crippen molar-refractivity contribution < 1.29 is 0 Å². The fourth-order valence-corrected chi connectivity index (χ4v) is 4.11. The Morgan fingerprint density at radius 3 is 2.48 bits per heavy atom. The predicted octanol–water partition coefficient (Wildman–Crippen LogP) is 3.68. The molecule has 0 unspecified atom stereocenters. The molecule has 0 saturated carbocycles. The zero-order valence-corrected chi connectivity index (χ0v) is 15.4. The molecule has 0 fully saturated rings. The summed E-state index contributed by atoms with van der Waals surface area (Å²) in [4.78, 5) is 25.3. The molecule has 0 bridgehead atoms. The quantitative estimate of drug-likeness (QED) is 0.553. The summed E-state index contributed by atoms with van der Waals surface area (Å²) in [5.74, 6) is 0.676. The minimum atomic E-state index is -0.0425. The lowest BCUT2D eigenvalue weighted by Gasteiger charge is -2.14. The second-order valence-corrected chi connectivity index (χ2v) is 7.32. The molecule has 0 aliphatic heterocycles. The molecule has 0 radical (unpaired) electrons. The van der Waals surface area contributed by atoms with Crippen molar-refractivity contribution in [3.05, 3.63) is 58.3 Å². The van der Waals surface area contributed by atoms with Crippen molar-refractivity contribution in [2.24, 2.45) is 0 Å². The number of thiophene rings is 1. The Morgan fingerprint density at radius 2 is 1.80 bits per heavy atom. The fourth-order valence-electron chi connectivity index (χ4n) is 3.07. The van der Waals surface area contributed by atoms with Crippen molar-refractivity contribution >= 4 is 37.5 Å². The van der Waals surface area contributed by atoms with Gasteiger partial charge in [0.2, 0.25) is 0 Å². The maximum atomic E-state index is 13.2. The van der Waals surface area contributed by atoms with Crippen LogP contribution >= 0.6 is 11.3 Å². The van der Waals surface area contributed by atoms with E-state index in [-0.39, 0.29) is 5.56 Å². The van der Waals surface area contributed by atoms with Crippen molar-refractivity contribution in [1.82, 2.24) is 14.5 Å². The van der Waals surface area contributed by atoms with Gasteiger partial charge in [0, 0.05) is 20.3 Å². The van der Waals surface area contributed by atoms with Crippen LogP contribution in [0.2, 0.25) is 0 Å². The van der Waals surface area contributed by atoms with E-state index in [1.165, 1.54) is 11.3 Å². The number of hydrogen-bond donors (Lipinski definition) is 0. The van der Waals surface area contributed by atoms with Gasteiger partial charge in [-0.1, -0.05) is 17.7 Å². The number of anilines is 1. The van der Waals surface area contributed by atoms with E-state index >= 15 is 0 Å². The Labute approximate surface area is 149 Å². The Morgan fingerprint density at radius 1 is 1.08 bits per heavy atom. The predicted molar refractivity (Wildman–Crippen MR) is 104 cm³/mol. The lowest BCUT2D eigenvalue weighted by atomic mass is 10.2. The molecule has 25 heavy (non-hydrogen) atoms. The van der Waals surface area contributed by atoms with Crippen LogP contribution in [-0.4, -0.2) is 28.6 Å². The molecule has 5 nitrogen and oxygen atoms in total. The van der Waals surface area contributed by atoms with Gasteiger partial charge in [0.25, 0.3) is 5.56 Å². The third kappa shape index (κ3) is 2.41. The average molecular weight is 350 g/mol. The summed E-state index contributed by atoms with van der Waals surface area (Å²) in [5.41, 5.74) is 3.71. The third-order valence-electron chi connectivity index (χ3n) is 4.31. The molecule has 3 heterocycles. The van der Waals surface area contributed by atoms with Gasteiger partial charge in [0.05, 0.1) is 16.8 Å². The molecule has 126 valence electrons. The molecule has 3 aromatic heterocycles. The molecule has 0 spiro atoms. The van der Waals surface area contributed by atoms with E-state index < -0.39 is 0 Å². The van der Waals surface area contributed by atoms with E-state index in [9.17, 15) is 4.79 Å². The normalized spacial score (nSPS) is 11.4. The summed E-state index contributed by atoms with van der Waals surface area (Å²) < 4.78 is 2.31. The molecule has 0 amide bonds. The summed E-state index contributed by atoms with van der Waals surface area (Å²) >= 11 is 1.41. The Balaban J connectivity index is 2.10. The number of benzene rings is 1. The first-order chi connectivity index (χ1) is 12.0. The topological polar surface area (TPSA) is 51.0 Å². The van der Waals surface area contributed by atoms with E-state index in [1.54, 1.807) is 10.8 Å². The van der Waals surface area contributed by atoms with Crippen molar-refractivity contribution in [3.63, 3.8) is 0 Å². The van der Waals surface area contributed by atoms with Crippen LogP contribution in [0.25, 0.3) is 26.1 Å². The summed E-state index contributed by atoms with van der Waals surface area (Å²) in [5, 5.41) is 0.948. The number of aryl methyl sites for hydroxylation is 2. The first-order valence-electron chi connectivity index (χ1n) is 8.02. The summed E-state index contributed by atoms with van der Waals surface area (Å²) in [6, 6.07) is 9.86. The first-order valence-corrected chi connectivity index (χ1v) is 8.84. The first kappa shape index (κ1) is 15.8. The third-order valence-corrected chi connectivity index (χ3v) is 5.39. The van der Waals surface area contributed by atoms with Crippen LogP contribution in [0.1, 0.15) is 11.4 Å². The van der Waals surface area contributed by atoms with Crippen LogP contribution in [0.5, 0.6) is 0 Å². The van der Waals surface area contributed by atoms with Gasteiger partial charge in [0.15, 0.2) is 0 Å². The lowest BCUT2D eigenvalue weighted by Crippen LogP contribution is -2.21. The molecule has 6 heteroatoms. The van der Waals surface area contributed by atoms with E-state index in [1.807, 2.05) is 63.2 Å². The van der Waals surface area contributed by atoms with Gasteiger partial charge < -0.3 is 4.90 Å². The van der Waals surface area contributed by atoms with Crippen molar-refractivity contribution in [1.29, 1.82) is 0 Å². The van der Waals surface area contributed by atoms with E-state index in [2.05, 4.69) is 4.98 Å². The average Bonchev–Trinajstić information content (AvgIpc) is 2.95. The summed E-state index contributed by atoms with van der Waals surface area (Å²) in [6.07, 6.45) is 1.78. The highest BCUT2D eigenvalue weighted by Crippen LogP contribution is 2.35. The van der Waals surface area contributed by atoms with Crippen LogP contribution in [0.3, 0.4) is 0 Å². The fraction of sp³-hybridized carbons (Fsp3) is 0.211. The SMILES string of the molecule is Cc1ccc(-n2c(C)nc3c(sc4nccc(N(C)C)c43)c2=O)cc1. The van der Waals surface area contributed by atoms with Gasteiger partial charge >= 0.3 is 0 Å². The zero-order chi connectivity index (χ0) is 17.7. The summed E-state index contributed by atoms with van der Waals surface area (Å²) in [7, 11) is 3.97. The number of fused-ring (bicyclic) bond motifs is 3. The molecule has 4 rings (SSSR count). The van der Waals surface area contributed by atoms with Crippen LogP contribution in [-0.2, 0) is 0 Å². The Bertz CT molecular complexity index is 1160. The Kier molecular flexibility index (Phi) is 3.58. The molecule has 0 aliphatic rings. The van der Waals surface area contributed by atoms with Gasteiger partial charge in [-0.15, -0.1) is 11.3 Å². The van der Waals surface area contributed by atoms with Gasteiger partial charge in [0.1, 0.15) is 20.9 Å². The van der Waals surface area contributed by atoms with Crippen LogP contribution in [0.4, 0.5) is 5.69 Å². The van der Waals surface area contributed by atoms with Gasteiger partial charge in [-0.05, 0) is 32.0 Å². The number of aromatic nitrogens is 3. The van der Waals surface area contributed by atoms with Crippen molar-refractivity contribution in [2.75, 3.05) is 19.0 Å². The van der Waals surface area contributed by atoms with Crippen molar-refractivity contribution in [3.8, 4) is 5.69 Å². The van der Waals surface area contributed by atoms with Crippen LogP contribution in [0, 0.1) is 13.8 Å². The van der Waals surface area contributed by atoms with E-state index in [0.717, 1.165) is 32.7 Å². The van der Waals surface area contributed by atoms with Crippen LogP contribution < -0.4 is 10.5 Å². The maximum Gasteiger partial charge on any atom is 0.276 e. The summed E-state index contributed by atoms with van der Waals surface area (Å²) in [6.45, 7) is 3.90. The molecule has 0 aliphatic carbocycles. The Hall–Kier alpha value is -2.73. The minimum absolute atomic E-state index is 0.0425. The monoisotopic (exact) mass is 350 g/mol. The zero-order valence-electron chi connectivity index (χ0n) is 14.6. The number of nitrogens with zero attached hydrogens (tertiary/aromatic N) is 4. The molecular formula is C19H18N4OS. The maximum absolute atomic E-state index is 13.2. The minimum Gasteiger partial charge on any atom is -0.377 e. The van der Waals surface area contributed by atoms with Gasteiger partial charge in [-0.25, -0.2) is 9.97 Å². The largest absolute Gasteiger partial charge is 0.377 e. The molecular weight excluding hydrogens is 332 g/mol. The van der Waals surface area contributed by atoms with Crippen molar-refractivity contribution in [2.45, 2.75) is 13.8 Å². The van der Waals surface area contributed by atoms with E-state index in [4.69, 9.17) is 4.98 Å². The second-order valence-electron chi connectivity index (χ2n) is 6.32. The molecule has 1 aromatic carbocycles. The lowest BCUT2D eigenvalue weighted by molar-refractivity contribution is 0.898. The van der Waals surface area contributed by atoms with Gasteiger partial charge in [-0.3, -0.25) is 9.36 Å². The molecule has 0 atom stereocenters. The number of hydrogen-bond acceptors (Lipinski definition) is 5. The highest BCUT2D eigenvalue weighted by molar-refractivity contribution is 7.25. The highest BCUT2D eigenvalue weighted by Gasteiger charge is 2.18. The number of rotatable bonds is 2. The number of pyridine rings is 1. The molecule has 4 aromatic rings. The smallest absolute Gasteiger partial charge is 0.276 e.